The topological polar surface area (TPSA) is 18.5 Å². The highest BCUT2D eigenvalue weighted by atomic mass is 19.3. The van der Waals surface area contributed by atoms with Gasteiger partial charge in [-0.25, -0.2) is 4.39 Å². The van der Waals surface area contributed by atoms with E-state index >= 15 is 0 Å². The van der Waals surface area contributed by atoms with E-state index in [4.69, 9.17) is 0 Å². The average molecular weight is 324 g/mol. The summed E-state index contributed by atoms with van der Waals surface area (Å²) in [5.74, 6) is -2.82. The second-order valence-corrected chi connectivity index (χ2v) is 5.59. The summed E-state index contributed by atoms with van der Waals surface area (Å²) in [5, 5.41) is 0. The number of alkyl halides is 4. The molecule has 22 heavy (non-hydrogen) atoms. The molecule has 0 heterocycles. The molecule has 1 aromatic carbocycles. The Hall–Kier alpha value is -1.53. The zero-order chi connectivity index (χ0) is 16.3. The summed E-state index contributed by atoms with van der Waals surface area (Å²) in [6.45, 7) is -1.18. The summed E-state index contributed by atoms with van der Waals surface area (Å²) in [5.41, 5.74) is 0. The SMILES string of the molecule is CC1CCC(C(F)(F)Oc2ccc(OC(F)F)c(F)c2)CC1. The quantitative estimate of drug-likeness (QED) is 0.691. The summed E-state index contributed by atoms with van der Waals surface area (Å²) in [6.07, 6.45) is -1.36. The highest BCUT2D eigenvalue weighted by Crippen LogP contribution is 2.40. The Kier molecular flexibility index (Phi) is 5.13. The van der Waals surface area contributed by atoms with Crippen LogP contribution in [0.4, 0.5) is 22.0 Å². The van der Waals surface area contributed by atoms with Gasteiger partial charge in [0.05, 0.1) is 5.92 Å². The molecule has 124 valence electrons. The third-order valence-electron chi connectivity index (χ3n) is 3.86. The van der Waals surface area contributed by atoms with Crippen molar-refractivity contribution in [3.63, 3.8) is 0 Å². The van der Waals surface area contributed by atoms with Crippen LogP contribution in [0.15, 0.2) is 18.2 Å². The van der Waals surface area contributed by atoms with Gasteiger partial charge in [-0.2, -0.15) is 17.6 Å². The van der Waals surface area contributed by atoms with Crippen LogP contribution in [0.5, 0.6) is 11.5 Å². The molecular formula is C15H17F5O2. The summed E-state index contributed by atoms with van der Waals surface area (Å²) in [6, 6.07) is 2.45. The van der Waals surface area contributed by atoms with Gasteiger partial charge in [-0.05, 0) is 30.9 Å². The Morgan fingerprint density at radius 2 is 1.77 bits per heavy atom. The Balaban J connectivity index is 2.04. The van der Waals surface area contributed by atoms with E-state index in [2.05, 4.69) is 9.47 Å². The second kappa shape index (κ2) is 6.71. The van der Waals surface area contributed by atoms with Crippen LogP contribution >= 0.6 is 0 Å². The van der Waals surface area contributed by atoms with Crippen molar-refractivity contribution in [3.8, 4) is 11.5 Å². The van der Waals surface area contributed by atoms with E-state index < -0.39 is 36.0 Å². The fraction of sp³-hybridized carbons (Fsp3) is 0.600. The second-order valence-electron chi connectivity index (χ2n) is 5.59. The number of ether oxygens (including phenoxy) is 2. The molecule has 1 aromatic rings. The Labute approximate surface area is 125 Å². The molecule has 1 saturated carbocycles. The van der Waals surface area contributed by atoms with Crippen molar-refractivity contribution in [3.05, 3.63) is 24.0 Å². The largest absolute Gasteiger partial charge is 0.432 e. The van der Waals surface area contributed by atoms with Crippen molar-refractivity contribution in [2.24, 2.45) is 11.8 Å². The van der Waals surface area contributed by atoms with Crippen molar-refractivity contribution >= 4 is 0 Å². The minimum Gasteiger partial charge on any atom is -0.432 e. The maximum absolute atomic E-state index is 14.1. The first-order valence-electron chi connectivity index (χ1n) is 7.09. The minimum absolute atomic E-state index is 0.337. The van der Waals surface area contributed by atoms with E-state index in [1.165, 1.54) is 0 Å². The third-order valence-corrected chi connectivity index (χ3v) is 3.86. The highest BCUT2D eigenvalue weighted by molar-refractivity contribution is 5.33. The highest BCUT2D eigenvalue weighted by Gasteiger charge is 2.43. The lowest BCUT2D eigenvalue weighted by Crippen LogP contribution is -2.37. The normalized spacial score (nSPS) is 22.7. The van der Waals surface area contributed by atoms with Crippen LogP contribution in [0.2, 0.25) is 0 Å². The van der Waals surface area contributed by atoms with Crippen molar-refractivity contribution in [2.75, 3.05) is 0 Å². The van der Waals surface area contributed by atoms with Gasteiger partial charge in [-0.1, -0.05) is 19.8 Å². The van der Waals surface area contributed by atoms with Gasteiger partial charge < -0.3 is 9.47 Å². The van der Waals surface area contributed by atoms with E-state index in [-0.39, 0.29) is 0 Å². The zero-order valence-electron chi connectivity index (χ0n) is 12.0. The summed E-state index contributed by atoms with van der Waals surface area (Å²) in [7, 11) is 0. The smallest absolute Gasteiger partial charge is 0.400 e. The van der Waals surface area contributed by atoms with Gasteiger partial charge in [0.1, 0.15) is 5.75 Å². The summed E-state index contributed by atoms with van der Waals surface area (Å²) in [4.78, 5) is 0. The molecule has 0 N–H and O–H groups in total. The van der Waals surface area contributed by atoms with E-state index in [9.17, 15) is 22.0 Å². The van der Waals surface area contributed by atoms with Gasteiger partial charge in [-0.3, -0.25) is 0 Å². The molecular weight excluding hydrogens is 307 g/mol. The molecule has 0 aliphatic heterocycles. The third kappa shape index (κ3) is 4.24. The Bertz CT molecular complexity index is 499. The molecule has 1 fully saturated rings. The minimum atomic E-state index is -3.42. The van der Waals surface area contributed by atoms with Crippen molar-refractivity contribution < 1.29 is 31.4 Å². The van der Waals surface area contributed by atoms with Gasteiger partial charge >= 0.3 is 12.7 Å². The number of hydrogen-bond donors (Lipinski definition) is 0. The lowest BCUT2D eigenvalue weighted by atomic mass is 9.82. The molecule has 0 atom stereocenters. The van der Waals surface area contributed by atoms with Gasteiger partial charge in [0.2, 0.25) is 0 Å². The number of hydrogen-bond acceptors (Lipinski definition) is 2. The van der Waals surface area contributed by atoms with Crippen molar-refractivity contribution in [1.29, 1.82) is 0 Å². The molecule has 7 heteroatoms. The number of benzene rings is 1. The van der Waals surface area contributed by atoms with Crippen molar-refractivity contribution in [1.82, 2.24) is 0 Å². The molecule has 0 amide bonds. The lowest BCUT2D eigenvalue weighted by Gasteiger charge is -2.32. The summed E-state index contributed by atoms with van der Waals surface area (Å²) >= 11 is 0. The molecule has 0 unspecified atom stereocenters. The number of rotatable bonds is 5. The van der Waals surface area contributed by atoms with E-state index in [1.54, 1.807) is 0 Å². The molecule has 0 spiro atoms. The average Bonchev–Trinajstić information content (AvgIpc) is 2.41. The van der Waals surface area contributed by atoms with Crippen LogP contribution in [0.1, 0.15) is 32.6 Å². The first kappa shape index (κ1) is 16.8. The van der Waals surface area contributed by atoms with Gasteiger partial charge in [-0.15, -0.1) is 0 Å². The molecule has 1 aliphatic carbocycles. The maximum atomic E-state index is 14.1. The van der Waals surface area contributed by atoms with Gasteiger partial charge in [0, 0.05) is 6.07 Å². The molecule has 2 rings (SSSR count). The summed E-state index contributed by atoms with van der Waals surface area (Å²) < 4.78 is 74.2. The van der Waals surface area contributed by atoms with E-state index in [0.717, 1.165) is 12.1 Å². The molecule has 0 bridgehead atoms. The first-order valence-corrected chi connectivity index (χ1v) is 7.09. The van der Waals surface area contributed by atoms with Crippen molar-refractivity contribution in [2.45, 2.75) is 45.3 Å². The number of halogens is 5. The predicted molar refractivity (Wildman–Crippen MR) is 69.7 cm³/mol. The zero-order valence-corrected chi connectivity index (χ0v) is 12.0. The predicted octanol–water partition coefficient (Wildman–Crippen LogP) is 5.23. The molecule has 0 aromatic heterocycles. The fourth-order valence-corrected chi connectivity index (χ4v) is 2.57. The van der Waals surface area contributed by atoms with Crippen LogP contribution in [0.25, 0.3) is 0 Å². The standard InChI is InChI=1S/C15H17F5O2/c1-9-2-4-10(5-3-9)15(19,20)22-11-6-7-13(12(16)8-11)21-14(17)18/h6-10,14H,2-5H2,1H3. The van der Waals surface area contributed by atoms with Crippen LogP contribution in [-0.4, -0.2) is 12.7 Å². The van der Waals surface area contributed by atoms with Crippen LogP contribution < -0.4 is 9.47 Å². The maximum Gasteiger partial charge on any atom is 0.400 e. The van der Waals surface area contributed by atoms with Gasteiger partial charge in [0.25, 0.3) is 0 Å². The Morgan fingerprint density at radius 3 is 2.32 bits per heavy atom. The molecule has 0 radical (unpaired) electrons. The van der Waals surface area contributed by atoms with Crippen LogP contribution in [0, 0.1) is 17.7 Å². The van der Waals surface area contributed by atoms with Gasteiger partial charge in [0.15, 0.2) is 11.6 Å². The molecule has 1 aliphatic rings. The van der Waals surface area contributed by atoms with Crippen LogP contribution in [-0.2, 0) is 0 Å². The first-order chi connectivity index (χ1) is 10.3. The fourth-order valence-electron chi connectivity index (χ4n) is 2.57. The van der Waals surface area contributed by atoms with E-state index in [1.807, 2.05) is 6.92 Å². The monoisotopic (exact) mass is 324 g/mol. The Morgan fingerprint density at radius 1 is 1.14 bits per heavy atom. The lowest BCUT2D eigenvalue weighted by molar-refractivity contribution is -0.223. The van der Waals surface area contributed by atoms with E-state index in [0.29, 0.717) is 37.7 Å². The molecule has 0 saturated heterocycles. The molecule has 2 nitrogen and oxygen atoms in total. The van der Waals surface area contributed by atoms with Crippen LogP contribution in [0.3, 0.4) is 0 Å².